The standard InChI is InChI=1S/C27H19ClF3NO3/c28-19-6-8-20-22(13-19)32-25-17(5-7-21(25)26(20)34)10-15-4-9-24(23(33)12-15)35-14-16-2-1-3-18(11-16)27(29,30)31/h1-4,6,8-13,21,33H,5,7,14H2/b17-10+. The normalized spacial score (nSPS) is 18.3. The number of hydrogen-bond acceptors (Lipinski definition) is 4. The van der Waals surface area contributed by atoms with Crippen LogP contribution in [-0.2, 0) is 12.8 Å². The molecule has 1 heterocycles. The maximum absolute atomic E-state index is 12.9. The lowest BCUT2D eigenvalue weighted by molar-refractivity contribution is -0.137. The van der Waals surface area contributed by atoms with Gasteiger partial charge in [-0.05, 0) is 78.1 Å². The number of ether oxygens (including phenoxy) is 1. The molecular weight excluding hydrogens is 479 g/mol. The number of nitrogens with zero attached hydrogens (tertiary/aromatic N) is 1. The molecule has 0 radical (unpaired) electrons. The Morgan fingerprint density at radius 3 is 2.71 bits per heavy atom. The van der Waals surface area contributed by atoms with Crippen molar-refractivity contribution in [3.63, 3.8) is 0 Å². The molecule has 2 aliphatic rings. The fourth-order valence-electron chi connectivity index (χ4n) is 4.41. The number of alkyl halides is 3. The number of ketones is 1. The Morgan fingerprint density at radius 2 is 1.94 bits per heavy atom. The summed E-state index contributed by atoms with van der Waals surface area (Å²) in [4.78, 5) is 17.6. The highest BCUT2D eigenvalue weighted by molar-refractivity contribution is 6.32. The third-order valence-corrected chi connectivity index (χ3v) is 6.35. The van der Waals surface area contributed by atoms with E-state index >= 15 is 0 Å². The third-order valence-electron chi connectivity index (χ3n) is 6.12. The second-order valence-electron chi connectivity index (χ2n) is 8.50. The predicted octanol–water partition coefficient (Wildman–Crippen LogP) is 7.41. The molecule has 4 nitrogen and oxygen atoms in total. The molecule has 1 aliphatic heterocycles. The van der Waals surface area contributed by atoms with Crippen LogP contribution in [0.25, 0.3) is 6.08 Å². The number of benzene rings is 3. The van der Waals surface area contributed by atoms with E-state index in [4.69, 9.17) is 21.3 Å². The van der Waals surface area contributed by atoms with Gasteiger partial charge in [0.25, 0.3) is 0 Å². The van der Waals surface area contributed by atoms with Crippen LogP contribution in [0.4, 0.5) is 18.9 Å². The number of aromatic hydroxyl groups is 1. The van der Waals surface area contributed by atoms with E-state index in [1.54, 1.807) is 30.3 Å². The van der Waals surface area contributed by atoms with E-state index < -0.39 is 11.7 Å². The van der Waals surface area contributed by atoms with Crippen LogP contribution < -0.4 is 4.74 Å². The first-order valence-corrected chi connectivity index (χ1v) is 11.3. The van der Waals surface area contributed by atoms with Crippen molar-refractivity contribution in [2.75, 3.05) is 0 Å². The Bertz CT molecular complexity index is 1390. The first-order valence-electron chi connectivity index (χ1n) is 10.9. The molecule has 1 saturated carbocycles. The molecule has 5 rings (SSSR count). The van der Waals surface area contributed by atoms with Crippen LogP contribution in [0.1, 0.15) is 39.9 Å². The van der Waals surface area contributed by atoms with Gasteiger partial charge in [0.15, 0.2) is 17.3 Å². The first-order chi connectivity index (χ1) is 16.7. The van der Waals surface area contributed by atoms with Gasteiger partial charge >= 0.3 is 6.18 Å². The molecule has 178 valence electrons. The second-order valence-corrected chi connectivity index (χ2v) is 8.93. The summed E-state index contributed by atoms with van der Waals surface area (Å²) in [6, 6.07) is 14.7. The molecule has 3 aromatic rings. The van der Waals surface area contributed by atoms with Gasteiger partial charge in [0.2, 0.25) is 0 Å². The zero-order valence-corrected chi connectivity index (χ0v) is 19.0. The highest BCUT2D eigenvalue weighted by Crippen LogP contribution is 2.41. The van der Waals surface area contributed by atoms with Crippen molar-refractivity contribution in [2.24, 2.45) is 10.9 Å². The van der Waals surface area contributed by atoms with Crippen LogP contribution in [0.5, 0.6) is 11.5 Å². The SMILES string of the molecule is O=C1c2ccc(Cl)cc2N=C2/C(=C/c3ccc(OCc4cccc(C(F)(F)F)c4)c(O)c3)CCC12. The molecule has 0 spiro atoms. The number of carbonyl (C=O) groups excluding carboxylic acids is 1. The molecule has 8 heteroatoms. The minimum Gasteiger partial charge on any atom is -0.504 e. The molecule has 0 saturated heterocycles. The van der Waals surface area contributed by atoms with Crippen LogP contribution >= 0.6 is 11.6 Å². The van der Waals surface area contributed by atoms with E-state index in [1.807, 2.05) is 6.08 Å². The molecule has 1 N–H and O–H groups in total. The molecule has 35 heavy (non-hydrogen) atoms. The molecule has 1 unspecified atom stereocenters. The van der Waals surface area contributed by atoms with Gasteiger partial charge in [-0.15, -0.1) is 0 Å². The van der Waals surface area contributed by atoms with Gasteiger partial charge in [0.05, 0.1) is 22.9 Å². The Hall–Kier alpha value is -3.58. The largest absolute Gasteiger partial charge is 0.504 e. The number of fused-ring (bicyclic) bond motifs is 2. The number of rotatable bonds is 4. The summed E-state index contributed by atoms with van der Waals surface area (Å²) in [5, 5.41) is 10.9. The lowest BCUT2D eigenvalue weighted by atomic mass is 9.90. The lowest BCUT2D eigenvalue weighted by Gasteiger charge is -2.18. The van der Waals surface area contributed by atoms with Crippen molar-refractivity contribution in [1.82, 2.24) is 0 Å². The summed E-state index contributed by atoms with van der Waals surface area (Å²) in [6.07, 6.45) is -1.23. The van der Waals surface area contributed by atoms with Gasteiger partial charge in [0.1, 0.15) is 6.61 Å². The molecule has 1 fully saturated rings. The van der Waals surface area contributed by atoms with Crippen molar-refractivity contribution in [3.8, 4) is 11.5 Å². The summed E-state index contributed by atoms with van der Waals surface area (Å²) >= 11 is 6.07. The summed E-state index contributed by atoms with van der Waals surface area (Å²) < 4.78 is 44.3. The van der Waals surface area contributed by atoms with Crippen LogP contribution in [0.3, 0.4) is 0 Å². The fourth-order valence-corrected chi connectivity index (χ4v) is 4.57. The molecular formula is C27H19ClF3NO3. The highest BCUT2D eigenvalue weighted by atomic mass is 35.5. The number of allylic oxidation sites excluding steroid dienone is 1. The summed E-state index contributed by atoms with van der Waals surface area (Å²) in [6.45, 7) is -0.125. The Labute approximate surface area is 204 Å². The summed E-state index contributed by atoms with van der Waals surface area (Å²) in [7, 11) is 0. The number of aliphatic imine (C=N–C) groups is 1. The molecule has 0 bridgehead atoms. The Kier molecular flexibility index (Phi) is 5.89. The van der Waals surface area contributed by atoms with Crippen molar-refractivity contribution >= 4 is 34.9 Å². The number of Topliss-reactive ketones (excluding diaryl/α,β-unsaturated/α-hetero) is 1. The van der Waals surface area contributed by atoms with Gasteiger partial charge < -0.3 is 9.84 Å². The number of halogens is 4. The van der Waals surface area contributed by atoms with Gasteiger partial charge in [0, 0.05) is 10.6 Å². The summed E-state index contributed by atoms with van der Waals surface area (Å²) in [5.74, 6) is -0.243. The van der Waals surface area contributed by atoms with E-state index in [-0.39, 0.29) is 29.8 Å². The average Bonchev–Trinajstić information content (AvgIpc) is 3.21. The maximum atomic E-state index is 12.9. The van der Waals surface area contributed by atoms with Crippen LogP contribution in [0, 0.1) is 5.92 Å². The fraction of sp³-hybridized carbons (Fsp3) is 0.185. The number of hydrogen-bond donors (Lipinski definition) is 1. The van der Waals surface area contributed by atoms with Crippen LogP contribution in [0.2, 0.25) is 5.02 Å². The monoisotopic (exact) mass is 497 g/mol. The summed E-state index contributed by atoms with van der Waals surface area (Å²) in [5.41, 5.74) is 3.03. The smallest absolute Gasteiger partial charge is 0.416 e. The first kappa shape index (κ1) is 23.2. The van der Waals surface area contributed by atoms with E-state index in [2.05, 4.69) is 0 Å². The predicted molar refractivity (Wildman–Crippen MR) is 127 cm³/mol. The van der Waals surface area contributed by atoms with Gasteiger partial charge in [-0.3, -0.25) is 9.79 Å². The Balaban J connectivity index is 1.35. The average molecular weight is 498 g/mol. The Morgan fingerprint density at radius 1 is 1.11 bits per heavy atom. The van der Waals surface area contributed by atoms with Crippen molar-refractivity contribution in [2.45, 2.75) is 25.6 Å². The number of carbonyl (C=O) groups is 1. The van der Waals surface area contributed by atoms with Crippen molar-refractivity contribution in [3.05, 3.63) is 93.5 Å². The number of phenolic OH excluding ortho intramolecular Hbond substituents is 1. The quantitative estimate of drug-likeness (QED) is 0.408. The third kappa shape index (κ3) is 4.68. The minimum atomic E-state index is -4.44. The van der Waals surface area contributed by atoms with E-state index in [0.29, 0.717) is 46.0 Å². The molecule has 0 aromatic heterocycles. The van der Waals surface area contributed by atoms with Crippen LogP contribution in [-0.4, -0.2) is 16.6 Å². The molecule has 3 aromatic carbocycles. The molecule has 1 atom stereocenters. The van der Waals surface area contributed by atoms with Gasteiger partial charge in [-0.25, -0.2) is 0 Å². The molecule has 0 amide bonds. The van der Waals surface area contributed by atoms with E-state index in [1.165, 1.54) is 18.2 Å². The molecule has 1 aliphatic carbocycles. The lowest BCUT2D eigenvalue weighted by Crippen LogP contribution is -2.23. The second kappa shape index (κ2) is 8.89. The van der Waals surface area contributed by atoms with Crippen LogP contribution in [0.15, 0.2) is 71.2 Å². The minimum absolute atomic E-state index is 0.0336. The number of phenols is 1. The topological polar surface area (TPSA) is 58.9 Å². The zero-order valence-electron chi connectivity index (χ0n) is 18.3. The van der Waals surface area contributed by atoms with Crippen molar-refractivity contribution < 1.29 is 27.8 Å². The van der Waals surface area contributed by atoms with E-state index in [9.17, 15) is 23.1 Å². The van der Waals surface area contributed by atoms with Gasteiger partial charge in [-0.1, -0.05) is 29.8 Å². The maximum Gasteiger partial charge on any atom is 0.416 e. The zero-order chi connectivity index (χ0) is 24.7. The highest BCUT2D eigenvalue weighted by Gasteiger charge is 2.37. The van der Waals surface area contributed by atoms with E-state index in [0.717, 1.165) is 17.7 Å². The van der Waals surface area contributed by atoms with Crippen molar-refractivity contribution in [1.29, 1.82) is 0 Å². The van der Waals surface area contributed by atoms with Gasteiger partial charge in [-0.2, -0.15) is 13.2 Å².